The van der Waals surface area contributed by atoms with Crippen molar-refractivity contribution in [2.24, 2.45) is 5.92 Å². The summed E-state index contributed by atoms with van der Waals surface area (Å²) in [7, 11) is 3.14. The van der Waals surface area contributed by atoms with Crippen LogP contribution in [0, 0.1) is 5.92 Å². The molecule has 3 aromatic rings. The molecule has 0 fully saturated rings. The van der Waals surface area contributed by atoms with E-state index in [2.05, 4.69) is 20.8 Å². The van der Waals surface area contributed by atoms with Crippen molar-refractivity contribution in [3.63, 3.8) is 0 Å². The quantitative estimate of drug-likeness (QED) is 0.383. The number of benzene rings is 2. The van der Waals surface area contributed by atoms with Gasteiger partial charge < -0.3 is 24.7 Å². The second kappa shape index (κ2) is 12.3. The number of carbonyl (C=O) groups is 2. The number of nitrogens with zero attached hydrogens (tertiary/aromatic N) is 3. The Morgan fingerprint density at radius 3 is 2.37 bits per heavy atom. The summed E-state index contributed by atoms with van der Waals surface area (Å²) in [4.78, 5) is 25.4. The van der Waals surface area contributed by atoms with E-state index in [1.807, 2.05) is 37.5 Å². The minimum Gasteiger partial charge on any atom is -0.497 e. The monoisotopic (exact) mass is 497 g/mol. The fraction of sp³-hybridized carbons (Fsp3) is 0.360. The maximum absolute atomic E-state index is 12.9. The molecule has 35 heavy (non-hydrogen) atoms. The van der Waals surface area contributed by atoms with Gasteiger partial charge in [0, 0.05) is 12.1 Å². The number of para-hydroxylation sites is 2. The Kier molecular flexibility index (Phi) is 9.13. The molecule has 3 rings (SSSR count). The van der Waals surface area contributed by atoms with Crippen LogP contribution >= 0.6 is 11.8 Å². The highest BCUT2D eigenvalue weighted by Gasteiger charge is 2.26. The molecule has 0 radical (unpaired) electrons. The zero-order chi connectivity index (χ0) is 25.4. The van der Waals surface area contributed by atoms with Crippen LogP contribution in [0.5, 0.6) is 11.5 Å². The molecule has 2 aromatic carbocycles. The van der Waals surface area contributed by atoms with Gasteiger partial charge >= 0.3 is 0 Å². The highest BCUT2D eigenvalue weighted by Crippen LogP contribution is 2.27. The lowest BCUT2D eigenvalue weighted by Gasteiger charge is -2.22. The average Bonchev–Trinajstić information content (AvgIpc) is 3.28. The summed E-state index contributed by atoms with van der Waals surface area (Å²) in [5.74, 6) is 1.76. The average molecular weight is 498 g/mol. The Balaban J connectivity index is 1.71. The lowest BCUT2D eigenvalue weighted by atomic mass is 10.0. The first kappa shape index (κ1) is 26.1. The SMILES string of the molecule is CCn1c(SCC(=O)Nc2ccccc2OC)nnc1[C@@H](NC(=O)c1ccc(OC)cc1)C(C)C. The number of nitrogens with one attached hydrogen (secondary N) is 2. The first-order valence-corrected chi connectivity index (χ1v) is 12.3. The van der Waals surface area contributed by atoms with Crippen LogP contribution in [0.3, 0.4) is 0 Å². The van der Waals surface area contributed by atoms with Crippen LogP contribution in [-0.2, 0) is 11.3 Å². The van der Waals surface area contributed by atoms with E-state index in [9.17, 15) is 9.59 Å². The van der Waals surface area contributed by atoms with Crippen molar-refractivity contribution in [3.05, 3.63) is 59.9 Å². The van der Waals surface area contributed by atoms with Crippen LogP contribution in [-0.4, -0.2) is 46.6 Å². The highest BCUT2D eigenvalue weighted by molar-refractivity contribution is 7.99. The fourth-order valence-corrected chi connectivity index (χ4v) is 4.30. The molecule has 0 saturated heterocycles. The van der Waals surface area contributed by atoms with Gasteiger partial charge in [0.25, 0.3) is 5.91 Å². The molecule has 10 heteroatoms. The van der Waals surface area contributed by atoms with Crippen molar-refractivity contribution >= 4 is 29.3 Å². The van der Waals surface area contributed by atoms with Gasteiger partial charge in [0.15, 0.2) is 11.0 Å². The summed E-state index contributed by atoms with van der Waals surface area (Å²) in [5.41, 5.74) is 1.14. The van der Waals surface area contributed by atoms with Gasteiger partial charge in [-0.05, 0) is 49.2 Å². The second-order valence-electron chi connectivity index (χ2n) is 8.05. The van der Waals surface area contributed by atoms with Gasteiger partial charge in [0.05, 0.1) is 31.7 Å². The van der Waals surface area contributed by atoms with E-state index < -0.39 is 0 Å². The molecule has 0 aliphatic carbocycles. The first-order chi connectivity index (χ1) is 16.9. The molecule has 1 aromatic heterocycles. The van der Waals surface area contributed by atoms with Gasteiger partial charge in [-0.25, -0.2) is 0 Å². The van der Waals surface area contributed by atoms with Crippen molar-refractivity contribution in [1.29, 1.82) is 0 Å². The number of thioether (sulfide) groups is 1. The summed E-state index contributed by atoms with van der Waals surface area (Å²) >= 11 is 1.29. The summed E-state index contributed by atoms with van der Waals surface area (Å²) in [6.07, 6.45) is 0. The maximum atomic E-state index is 12.9. The van der Waals surface area contributed by atoms with Gasteiger partial charge in [0.2, 0.25) is 5.91 Å². The normalized spacial score (nSPS) is 11.7. The standard InChI is InChI=1S/C25H31N5O4S/c1-6-30-23(22(16(2)3)27-24(32)17-11-13-18(33-4)14-12-17)28-29-25(30)35-15-21(31)26-19-9-7-8-10-20(19)34-5/h7-14,16,22H,6,15H2,1-5H3,(H,26,31)(H,27,32)/t22-/m0/s1. The molecule has 0 unspecified atom stereocenters. The van der Waals surface area contributed by atoms with E-state index in [1.165, 1.54) is 11.8 Å². The molecule has 1 atom stereocenters. The minimum atomic E-state index is -0.353. The Hall–Kier alpha value is -3.53. The Morgan fingerprint density at radius 1 is 1.03 bits per heavy atom. The van der Waals surface area contributed by atoms with Crippen LogP contribution in [0.4, 0.5) is 5.69 Å². The third kappa shape index (κ3) is 6.54. The maximum Gasteiger partial charge on any atom is 0.251 e. The molecule has 0 aliphatic rings. The Morgan fingerprint density at radius 2 is 1.74 bits per heavy atom. The van der Waals surface area contributed by atoms with Gasteiger partial charge in [-0.3, -0.25) is 9.59 Å². The molecule has 0 aliphatic heterocycles. The number of carbonyl (C=O) groups excluding carboxylic acids is 2. The number of ether oxygens (including phenoxy) is 2. The van der Waals surface area contributed by atoms with Crippen LogP contribution in [0.25, 0.3) is 0 Å². The number of anilines is 1. The number of rotatable bonds is 11. The molecule has 0 saturated carbocycles. The molecule has 0 spiro atoms. The number of methoxy groups -OCH3 is 2. The molecule has 9 nitrogen and oxygen atoms in total. The summed E-state index contributed by atoms with van der Waals surface area (Å²) in [5, 5.41) is 15.2. The zero-order valence-electron chi connectivity index (χ0n) is 20.6. The molecule has 1 heterocycles. The first-order valence-electron chi connectivity index (χ1n) is 11.3. The summed E-state index contributed by atoms with van der Waals surface area (Å²) < 4.78 is 12.4. The smallest absolute Gasteiger partial charge is 0.251 e. The lowest BCUT2D eigenvalue weighted by molar-refractivity contribution is -0.113. The molecular weight excluding hydrogens is 466 g/mol. The van der Waals surface area contributed by atoms with Gasteiger partial charge in [-0.1, -0.05) is 37.7 Å². The van der Waals surface area contributed by atoms with Crippen LogP contribution in [0.15, 0.2) is 53.7 Å². The molecule has 186 valence electrons. The number of amides is 2. The predicted octanol–water partition coefficient (Wildman–Crippen LogP) is 4.17. The van der Waals surface area contributed by atoms with Crippen molar-refractivity contribution in [1.82, 2.24) is 20.1 Å². The summed E-state index contributed by atoms with van der Waals surface area (Å²) in [6, 6.07) is 13.8. The third-order valence-electron chi connectivity index (χ3n) is 5.36. The van der Waals surface area contributed by atoms with E-state index in [1.54, 1.807) is 50.6 Å². The van der Waals surface area contributed by atoms with Crippen molar-refractivity contribution in [2.75, 3.05) is 25.3 Å². The lowest BCUT2D eigenvalue weighted by Crippen LogP contribution is -2.33. The van der Waals surface area contributed by atoms with Crippen LogP contribution < -0.4 is 20.1 Å². The summed E-state index contributed by atoms with van der Waals surface area (Å²) in [6.45, 7) is 6.61. The zero-order valence-corrected chi connectivity index (χ0v) is 21.4. The molecule has 2 N–H and O–H groups in total. The second-order valence-corrected chi connectivity index (χ2v) is 8.99. The third-order valence-corrected chi connectivity index (χ3v) is 6.33. The van der Waals surface area contributed by atoms with Gasteiger partial charge in [0.1, 0.15) is 11.5 Å². The Bertz CT molecular complexity index is 1150. The fourth-order valence-electron chi connectivity index (χ4n) is 3.49. The van der Waals surface area contributed by atoms with E-state index in [4.69, 9.17) is 9.47 Å². The van der Waals surface area contributed by atoms with E-state index in [-0.39, 0.29) is 29.5 Å². The van der Waals surface area contributed by atoms with E-state index in [0.29, 0.717) is 40.3 Å². The number of aromatic nitrogens is 3. The minimum absolute atomic E-state index is 0.0680. The number of hydrogen-bond acceptors (Lipinski definition) is 7. The van der Waals surface area contributed by atoms with Crippen molar-refractivity contribution in [2.45, 2.75) is 38.5 Å². The van der Waals surface area contributed by atoms with Crippen molar-refractivity contribution in [3.8, 4) is 11.5 Å². The predicted molar refractivity (Wildman–Crippen MR) is 136 cm³/mol. The highest BCUT2D eigenvalue weighted by atomic mass is 32.2. The van der Waals surface area contributed by atoms with E-state index >= 15 is 0 Å². The number of hydrogen-bond donors (Lipinski definition) is 2. The molecule has 0 bridgehead atoms. The van der Waals surface area contributed by atoms with Crippen LogP contribution in [0.2, 0.25) is 0 Å². The molecule has 2 amide bonds. The van der Waals surface area contributed by atoms with Crippen molar-refractivity contribution < 1.29 is 19.1 Å². The largest absolute Gasteiger partial charge is 0.497 e. The van der Waals surface area contributed by atoms with Crippen LogP contribution in [0.1, 0.15) is 43.0 Å². The van der Waals surface area contributed by atoms with Gasteiger partial charge in [-0.2, -0.15) is 0 Å². The van der Waals surface area contributed by atoms with Gasteiger partial charge in [-0.15, -0.1) is 10.2 Å². The molecular formula is C25H31N5O4S. The topological polar surface area (TPSA) is 107 Å². The Labute approximate surface area is 209 Å². The van der Waals surface area contributed by atoms with E-state index in [0.717, 1.165) is 0 Å².